The molecule has 3 nitrogen and oxygen atoms in total. The molecule has 0 unspecified atom stereocenters. The number of aryl methyl sites for hydroxylation is 1. The highest BCUT2D eigenvalue weighted by atomic mass is 35.5. The van der Waals surface area contributed by atoms with Gasteiger partial charge in [0.2, 0.25) is 0 Å². The molecule has 0 saturated carbocycles. The van der Waals surface area contributed by atoms with Crippen LogP contribution in [0, 0.1) is 0 Å². The Balaban J connectivity index is 1.89. The summed E-state index contributed by atoms with van der Waals surface area (Å²) in [5.74, 6) is 0.761. The van der Waals surface area contributed by atoms with Crippen molar-refractivity contribution >= 4 is 28.3 Å². The predicted octanol–water partition coefficient (Wildman–Crippen LogP) is 5.14. The lowest BCUT2D eigenvalue weighted by Gasteiger charge is -2.11. The molecule has 1 aromatic heterocycles. The van der Waals surface area contributed by atoms with Gasteiger partial charge in [-0.15, -0.1) is 0 Å². The van der Waals surface area contributed by atoms with Crippen molar-refractivity contribution in [2.45, 2.75) is 26.8 Å². The fourth-order valence-corrected chi connectivity index (χ4v) is 3.19. The minimum atomic E-state index is 0.0824. The van der Waals surface area contributed by atoms with Crippen molar-refractivity contribution in [1.82, 2.24) is 4.57 Å². The van der Waals surface area contributed by atoms with Gasteiger partial charge in [0.05, 0.1) is 17.1 Å². The normalized spacial score (nSPS) is 11.0. The molecule has 0 saturated heterocycles. The van der Waals surface area contributed by atoms with Gasteiger partial charge in [-0.3, -0.25) is 4.79 Å². The van der Waals surface area contributed by atoms with Crippen LogP contribution in [-0.2, 0) is 13.0 Å². The molecule has 1 heterocycles. The quantitative estimate of drug-likeness (QED) is 0.581. The Morgan fingerprint density at radius 2 is 1.96 bits per heavy atom. The van der Waals surface area contributed by atoms with E-state index in [2.05, 4.69) is 17.6 Å². The zero-order valence-electron chi connectivity index (χ0n) is 13.9. The second-order valence-electron chi connectivity index (χ2n) is 5.74. The van der Waals surface area contributed by atoms with E-state index in [1.165, 1.54) is 5.56 Å². The van der Waals surface area contributed by atoms with Crippen LogP contribution in [0.4, 0.5) is 0 Å². The standard InChI is InChI=1S/C20H20ClNO2/c1-3-15-7-6-8-16-17(14(2)23)13-22(20(15)16)11-12-24-19-10-5-4-9-18(19)21/h4-10,13H,3,11-12H2,1-2H3. The Morgan fingerprint density at radius 3 is 2.67 bits per heavy atom. The number of ether oxygens (including phenoxy) is 1. The molecule has 4 heteroatoms. The number of ketones is 1. The molecule has 0 fully saturated rings. The summed E-state index contributed by atoms with van der Waals surface area (Å²) >= 11 is 6.12. The third-order valence-electron chi connectivity index (χ3n) is 4.17. The van der Waals surface area contributed by atoms with E-state index in [-0.39, 0.29) is 5.78 Å². The van der Waals surface area contributed by atoms with Crippen molar-refractivity contribution in [3.8, 4) is 5.75 Å². The largest absolute Gasteiger partial charge is 0.490 e. The van der Waals surface area contributed by atoms with Crippen LogP contribution in [0.3, 0.4) is 0 Å². The summed E-state index contributed by atoms with van der Waals surface area (Å²) in [5.41, 5.74) is 3.11. The van der Waals surface area contributed by atoms with Crippen LogP contribution < -0.4 is 4.74 Å². The number of para-hydroxylation sites is 2. The van der Waals surface area contributed by atoms with Crippen molar-refractivity contribution < 1.29 is 9.53 Å². The van der Waals surface area contributed by atoms with Gasteiger partial charge in [-0.25, -0.2) is 0 Å². The van der Waals surface area contributed by atoms with Crippen molar-refractivity contribution in [2.24, 2.45) is 0 Å². The molecule has 0 aliphatic heterocycles. The monoisotopic (exact) mass is 341 g/mol. The van der Waals surface area contributed by atoms with Gasteiger partial charge in [0, 0.05) is 17.1 Å². The fraction of sp³-hybridized carbons (Fsp3) is 0.250. The Hall–Kier alpha value is -2.26. The Morgan fingerprint density at radius 1 is 1.17 bits per heavy atom. The molecule has 3 rings (SSSR count). The number of hydrogen-bond acceptors (Lipinski definition) is 2. The first kappa shape index (κ1) is 16.6. The molecule has 0 N–H and O–H groups in total. The molecule has 0 spiro atoms. The summed E-state index contributed by atoms with van der Waals surface area (Å²) in [6.07, 6.45) is 2.85. The van der Waals surface area contributed by atoms with Crippen molar-refractivity contribution in [3.05, 3.63) is 64.8 Å². The van der Waals surface area contributed by atoms with E-state index in [9.17, 15) is 4.79 Å². The van der Waals surface area contributed by atoms with E-state index in [0.717, 1.165) is 22.9 Å². The molecular formula is C20H20ClNO2. The first-order valence-corrected chi connectivity index (χ1v) is 8.48. The van der Waals surface area contributed by atoms with Crippen LogP contribution >= 0.6 is 11.6 Å². The second kappa shape index (κ2) is 7.10. The Bertz CT molecular complexity index is 882. The number of hydrogen-bond donors (Lipinski definition) is 0. The summed E-state index contributed by atoms with van der Waals surface area (Å²) in [5, 5.41) is 1.62. The SMILES string of the molecule is CCc1cccc2c(C(C)=O)cn(CCOc3ccccc3Cl)c12. The van der Waals surface area contributed by atoms with Gasteiger partial charge in [-0.1, -0.05) is 48.9 Å². The third kappa shape index (κ3) is 3.17. The highest BCUT2D eigenvalue weighted by Gasteiger charge is 2.14. The third-order valence-corrected chi connectivity index (χ3v) is 4.48. The predicted molar refractivity (Wildman–Crippen MR) is 98.3 cm³/mol. The van der Waals surface area contributed by atoms with Gasteiger partial charge in [-0.05, 0) is 31.0 Å². The zero-order valence-corrected chi connectivity index (χ0v) is 14.6. The van der Waals surface area contributed by atoms with Crippen LogP contribution in [0.1, 0.15) is 29.8 Å². The van der Waals surface area contributed by atoms with Gasteiger partial charge >= 0.3 is 0 Å². The minimum absolute atomic E-state index is 0.0824. The zero-order chi connectivity index (χ0) is 17.1. The van der Waals surface area contributed by atoms with E-state index in [0.29, 0.717) is 23.9 Å². The lowest BCUT2D eigenvalue weighted by molar-refractivity contribution is 0.101. The maximum Gasteiger partial charge on any atom is 0.161 e. The summed E-state index contributed by atoms with van der Waals surface area (Å²) in [6, 6.07) is 13.6. The van der Waals surface area contributed by atoms with E-state index in [1.54, 1.807) is 6.92 Å². The molecule has 0 amide bonds. The number of aromatic nitrogens is 1. The van der Waals surface area contributed by atoms with Crippen LogP contribution in [-0.4, -0.2) is 17.0 Å². The van der Waals surface area contributed by atoms with Crippen LogP contribution in [0.15, 0.2) is 48.7 Å². The number of fused-ring (bicyclic) bond motifs is 1. The lowest BCUT2D eigenvalue weighted by atomic mass is 10.1. The van der Waals surface area contributed by atoms with Crippen LogP contribution in [0.25, 0.3) is 10.9 Å². The van der Waals surface area contributed by atoms with Crippen molar-refractivity contribution in [3.63, 3.8) is 0 Å². The topological polar surface area (TPSA) is 31.2 Å². The summed E-state index contributed by atoms with van der Waals surface area (Å²) < 4.78 is 7.91. The second-order valence-corrected chi connectivity index (χ2v) is 6.15. The first-order chi connectivity index (χ1) is 11.6. The van der Waals surface area contributed by atoms with Crippen molar-refractivity contribution in [2.75, 3.05) is 6.61 Å². The number of carbonyl (C=O) groups excluding carboxylic acids is 1. The lowest BCUT2D eigenvalue weighted by Crippen LogP contribution is -2.08. The average molecular weight is 342 g/mol. The summed E-state index contributed by atoms with van der Waals surface area (Å²) in [4.78, 5) is 12.0. The molecule has 24 heavy (non-hydrogen) atoms. The van der Waals surface area contributed by atoms with Crippen LogP contribution in [0.2, 0.25) is 5.02 Å². The number of halogens is 1. The number of nitrogens with zero attached hydrogens (tertiary/aromatic N) is 1. The number of Topliss-reactive ketones (excluding diaryl/α,β-unsaturated/α-hetero) is 1. The highest BCUT2D eigenvalue weighted by molar-refractivity contribution is 6.32. The molecule has 3 aromatic rings. The van der Waals surface area contributed by atoms with E-state index >= 15 is 0 Å². The number of rotatable bonds is 6. The molecule has 2 aromatic carbocycles. The maximum absolute atomic E-state index is 12.0. The first-order valence-electron chi connectivity index (χ1n) is 8.10. The highest BCUT2D eigenvalue weighted by Crippen LogP contribution is 2.27. The Kier molecular flexibility index (Phi) is 4.91. The van der Waals surface area contributed by atoms with E-state index < -0.39 is 0 Å². The van der Waals surface area contributed by atoms with Gasteiger partial charge in [0.15, 0.2) is 5.78 Å². The maximum atomic E-state index is 12.0. The molecule has 124 valence electrons. The average Bonchev–Trinajstić information content (AvgIpc) is 2.96. The van der Waals surface area contributed by atoms with E-state index in [4.69, 9.17) is 16.3 Å². The van der Waals surface area contributed by atoms with E-state index in [1.807, 2.05) is 42.6 Å². The molecule has 0 aliphatic carbocycles. The molecule has 0 bridgehead atoms. The Labute approximate surface area is 146 Å². The molecule has 0 aliphatic rings. The van der Waals surface area contributed by atoms with Gasteiger partial charge in [0.25, 0.3) is 0 Å². The summed E-state index contributed by atoms with van der Waals surface area (Å²) in [6.45, 7) is 4.88. The van der Waals surface area contributed by atoms with Crippen LogP contribution in [0.5, 0.6) is 5.75 Å². The molecular weight excluding hydrogens is 322 g/mol. The van der Waals surface area contributed by atoms with Gasteiger partial charge in [0.1, 0.15) is 12.4 Å². The minimum Gasteiger partial charge on any atom is -0.490 e. The van der Waals surface area contributed by atoms with Gasteiger partial charge in [-0.2, -0.15) is 0 Å². The van der Waals surface area contributed by atoms with Crippen molar-refractivity contribution in [1.29, 1.82) is 0 Å². The summed E-state index contributed by atoms with van der Waals surface area (Å²) in [7, 11) is 0. The fourth-order valence-electron chi connectivity index (χ4n) is 3.00. The number of carbonyl (C=O) groups is 1. The number of benzene rings is 2. The smallest absolute Gasteiger partial charge is 0.161 e. The molecule has 0 radical (unpaired) electrons. The van der Waals surface area contributed by atoms with Gasteiger partial charge < -0.3 is 9.30 Å². The molecule has 0 atom stereocenters.